The van der Waals surface area contributed by atoms with Gasteiger partial charge in [-0.25, -0.2) is 13.2 Å². The van der Waals surface area contributed by atoms with Crippen LogP contribution in [0.3, 0.4) is 0 Å². The molecule has 1 aromatic heterocycles. The second-order valence-electron chi connectivity index (χ2n) is 7.60. The molecule has 0 aliphatic heterocycles. The second-order valence-corrected chi connectivity index (χ2v) is 9.28. The number of anilines is 1. The monoisotopic (exact) mass is 590 g/mol. The Kier molecular flexibility index (Phi) is 7.87. The molecule has 1 heterocycles. The zero-order valence-electron chi connectivity index (χ0n) is 19.2. The van der Waals surface area contributed by atoms with Crippen LogP contribution in [0.15, 0.2) is 53.6 Å². The first-order chi connectivity index (χ1) is 17.8. The van der Waals surface area contributed by atoms with E-state index in [2.05, 4.69) is 4.98 Å². The average Bonchev–Trinajstić information content (AvgIpc) is 3.26. The minimum atomic E-state index is -5.40. The number of hydrogen-bond donors (Lipinski definition) is 2. The maximum atomic E-state index is 13.3. The molecule has 2 N–H and O–H groups in total. The zero-order valence-corrected chi connectivity index (χ0v) is 20.0. The fourth-order valence-corrected chi connectivity index (χ4v) is 4.21. The van der Waals surface area contributed by atoms with Crippen molar-refractivity contribution in [3.63, 3.8) is 0 Å². The van der Waals surface area contributed by atoms with Gasteiger partial charge in [-0.3, -0.25) is 4.72 Å². The van der Waals surface area contributed by atoms with E-state index in [1.165, 1.54) is 13.1 Å². The predicted octanol–water partition coefficient (Wildman–Crippen LogP) is 6.84. The van der Waals surface area contributed by atoms with Crippen molar-refractivity contribution >= 4 is 21.7 Å². The Morgan fingerprint density at radius 1 is 0.821 bits per heavy atom. The zero-order chi connectivity index (χ0) is 29.4. The fraction of sp³-hybridized carbons (Fsp3) is 0.227. The van der Waals surface area contributed by atoms with Crippen LogP contribution in [0.2, 0.25) is 0 Å². The minimum absolute atomic E-state index is 0.0699. The number of carbonyl (C=O) groups is 1. The first kappa shape index (κ1) is 29.7. The van der Waals surface area contributed by atoms with E-state index in [1.807, 2.05) is 0 Å². The van der Waals surface area contributed by atoms with Gasteiger partial charge in [0.05, 0.1) is 33.9 Å². The molecule has 39 heavy (non-hydrogen) atoms. The van der Waals surface area contributed by atoms with E-state index in [-0.39, 0.29) is 42.3 Å². The summed E-state index contributed by atoms with van der Waals surface area (Å²) in [6.07, 6.45) is -14.7. The van der Waals surface area contributed by atoms with Gasteiger partial charge in [0, 0.05) is 6.20 Å². The third kappa shape index (κ3) is 6.96. The highest BCUT2D eigenvalue weighted by atomic mass is 32.2. The number of benzene rings is 2. The van der Waals surface area contributed by atoms with Gasteiger partial charge in [0.25, 0.3) is 10.0 Å². The number of ether oxygens (including phenoxy) is 2. The molecule has 17 heteroatoms. The summed E-state index contributed by atoms with van der Waals surface area (Å²) < 4.78 is 157. The topological polar surface area (TPSA) is 97.5 Å². The molecule has 0 bridgehead atoms. The highest BCUT2D eigenvalue weighted by molar-refractivity contribution is 7.92. The van der Waals surface area contributed by atoms with Gasteiger partial charge in [-0.05, 0) is 49.4 Å². The van der Waals surface area contributed by atoms with Gasteiger partial charge in [0.15, 0.2) is 17.2 Å². The van der Waals surface area contributed by atoms with Crippen molar-refractivity contribution in [3.8, 4) is 11.5 Å². The summed E-state index contributed by atoms with van der Waals surface area (Å²) in [6, 6.07) is 1.90. The largest absolute Gasteiger partial charge is 0.461 e. The quantitative estimate of drug-likeness (QED) is 0.232. The number of aromatic nitrogens is 1. The van der Waals surface area contributed by atoms with Crippen molar-refractivity contribution in [1.29, 1.82) is 0 Å². The van der Waals surface area contributed by atoms with Crippen LogP contribution in [0, 0.1) is 0 Å². The first-order valence-corrected chi connectivity index (χ1v) is 11.9. The highest BCUT2D eigenvalue weighted by Crippen LogP contribution is 2.40. The molecule has 0 aliphatic carbocycles. The lowest BCUT2D eigenvalue weighted by Crippen LogP contribution is -2.18. The Balaban J connectivity index is 2.13. The number of aromatic amines is 1. The average molecular weight is 590 g/mol. The normalized spacial score (nSPS) is 12.8. The number of carbonyl (C=O) groups excluding carboxylic acids is 1. The molecule has 0 spiro atoms. The van der Waals surface area contributed by atoms with Crippen molar-refractivity contribution in [2.45, 2.75) is 30.3 Å². The van der Waals surface area contributed by atoms with Crippen molar-refractivity contribution in [1.82, 2.24) is 4.98 Å². The molecule has 3 rings (SSSR count). The number of hydrogen-bond acceptors (Lipinski definition) is 5. The number of halogens is 9. The molecule has 2 aromatic carbocycles. The van der Waals surface area contributed by atoms with Gasteiger partial charge < -0.3 is 14.5 Å². The Morgan fingerprint density at radius 3 is 1.90 bits per heavy atom. The standard InChI is InChI=1S/C22H15F9N2O5S/c1-2-37-19(34)18-17(5-6-32-18)38-16-4-3-11(20(23,24)25)10-15(16)33-39(35,36)14-8-12(21(26,27)28)7-13(9-14)22(29,30)31/h3-10,32-33H,2H2,1H3. The highest BCUT2D eigenvalue weighted by Gasteiger charge is 2.39. The van der Waals surface area contributed by atoms with Crippen LogP contribution in [0.25, 0.3) is 0 Å². The SMILES string of the molecule is CCOC(=O)c1[nH]ccc1Oc1ccc(C(F)(F)F)cc1NS(=O)(=O)c1cc(C(F)(F)F)cc(C(F)(F)F)c1. The van der Waals surface area contributed by atoms with Crippen molar-refractivity contribution in [2.75, 3.05) is 11.3 Å². The predicted molar refractivity (Wildman–Crippen MR) is 116 cm³/mol. The Labute approximate surface area is 213 Å². The van der Waals surface area contributed by atoms with E-state index in [0.29, 0.717) is 12.1 Å². The van der Waals surface area contributed by atoms with Gasteiger partial charge in [0.1, 0.15) is 0 Å². The van der Waals surface area contributed by atoms with E-state index < -0.39 is 67.5 Å². The fourth-order valence-electron chi connectivity index (χ4n) is 3.08. The third-order valence-corrected chi connectivity index (χ3v) is 6.18. The molecular weight excluding hydrogens is 575 g/mol. The lowest BCUT2D eigenvalue weighted by atomic mass is 10.1. The Bertz CT molecular complexity index is 1440. The first-order valence-electron chi connectivity index (χ1n) is 10.4. The van der Waals surface area contributed by atoms with Crippen molar-refractivity contribution in [3.05, 3.63) is 71.0 Å². The number of alkyl halides is 9. The molecule has 0 saturated heterocycles. The molecule has 0 saturated carbocycles. The molecule has 0 atom stereocenters. The van der Waals surface area contributed by atoms with Crippen LogP contribution in [-0.2, 0) is 33.3 Å². The van der Waals surface area contributed by atoms with Crippen LogP contribution in [0.1, 0.15) is 34.1 Å². The molecule has 212 valence electrons. The number of nitrogens with one attached hydrogen (secondary N) is 2. The summed E-state index contributed by atoms with van der Waals surface area (Å²) in [6.45, 7) is 1.40. The molecule has 0 unspecified atom stereocenters. The summed E-state index contributed by atoms with van der Waals surface area (Å²) >= 11 is 0. The van der Waals surface area contributed by atoms with Gasteiger partial charge >= 0.3 is 24.5 Å². The molecule has 3 aromatic rings. The van der Waals surface area contributed by atoms with E-state index >= 15 is 0 Å². The number of sulfonamides is 1. The summed E-state index contributed by atoms with van der Waals surface area (Å²) in [5.41, 5.74) is -6.70. The molecule has 0 fully saturated rings. The lowest BCUT2D eigenvalue weighted by Gasteiger charge is -2.18. The number of rotatable bonds is 7. The maximum absolute atomic E-state index is 13.3. The van der Waals surface area contributed by atoms with Crippen molar-refractivity contribution < 1.29 is 62.2 Å². The van der Waals surface area contributed by atoms with E-state index in [4.69, 9.17) is 9.47 Å². The molecule has 7 nitrogen and oxygen atoms in total. The van der Waals surface area contributed by atoms with Gasteiger partial charge in [-0.15, -0.1) is 0 Å². The summed E-state index contributed by atoms with van der Waals surface area (Å²) in [4.78, 5) is 13.0. The van der Waals surface area contributed by atoms with Crippen LogP contribution in [0.5, 0.6) is 11.5 Å². The number of esters is 1. The van der Waals surface area contributed by atoms with Crippen LogP contribution in [0.4, 0.5) is 45.2 Å². The second kappa shape index (κ2) is 10.3. The molecule has 0 radical (unpaired) electrons. The van der Waals surface area contributed by atoms with Gasteiger partial charge in [-0.2, -0.15) is 39.5 Å². The van der Waals surface area contributed by atoms with Gasteiger partial charge in [-0.1, -0.05) is 0 Å². The van der Waals surface area contributed by atoms with Crippen molar-refractivity contribution in [2.24, 2.45) is 0 Å². The Hall–Kier alpha value is -3.89. The third-order valence-electron chi connectivity index (χ3n) is 4.83. The summed E-state index contributed by atoms with van der Waals surface area (Å²) in [5.74, 6) is -1.97. The summed E-state index contributed by atoms with van der Waals surface area (Å²) in [5, 5.41) is 0. The smallest absolute Gasteiger partial charge is 0.416 e. The number of H-pyrrole nitrogens is 1. The molecular formula is C22H15F9N2O5S. The van der Waals surface area contributed by atoms with E-state index in [0.717, 1.165) is 6.07 Å². The summed E-state index contributed by atoms with van der Waals surface area (Å²) in [7, 11) is -5.37. The van der Waals surface area contributed by atoms with Crippen LogP contribution >= 0.6 is 0 Å². The molecule has 0 amide bonds. The molecule has 0 aliphatic rings. The van der Waals surface area contributed by atoms with E-state index in [9.17, 15) is 52.7 Å². The van der Waals surface area contributed by atoms with E-state index in [1.54, 1.807) is 4.72 Å². The van der Waals surface area contributed by atoms with Crippen LogP contribution < -0.4 is 9.46 Å². The van der Waals surface area contributed by atoms with Crippen LogP contribution in [-0.4, -0.2) is 26.0 Å². The lowest BCUT2D eigenvalue weighted by molar-refractivity contribution is -0.143. The van der Waals surface area contributed by atoms with Gasteiger partial charge in [0.2, 0.25) is 0 Å². The minimum Gasteiger partial charge on any atom is -0.461 e. The Morgan fingerprint density at radius 2 is 1.38 bits per heavy atom. The maximum Gasteiger partial charge on any atom is 0.416 e.